The molecule has 2 heterocycles. The number of amidine groups is 1. The Hall–Kier alpha value is -3.34. The smallest absolute Gasteiger partial charge is 0.410 e. The number of cyclic esters (lactones) is 1. The van der Waals surface area contributed by atoms with Crippen molar-refractivity contribution >= 4 is 29.8 Å². The average Bonchev–Trinajstić information content (AvgIpc) is 3.17. The van der Waals surface area contributed by atoms with Crippen LogP contribution in [0.5, 0.6) is 0 Å². The van der Waals surface area contributed by atoms with Crippen LogP contribution >= 0.6 is 0 Å². The Balaban J connectivity index is 1.66. The minimum Gasteiger partial charge on any atom is -0.447 e. The molecule has 1 aromatic carbocycles. The lowest BCUT2D eigenvalue weighted by molar-refractivity contribution is 0.0349. The van der Waals surface area contributed by atoms with Gasteiger partial charge in [-0.15, -0.1) is 0 Å². The van der Waals surface area contributed by atoms with E-state index >= 15 is 0 Å². The fourth-order valence-electron chi connectivity index (χ4n) is 4.01. The Bertz CT molecular complexity index is 979. The van der Waals surface area contributed by atoms with E-state index in [-0.39, 0.29) is 36.7 Å². The number of carbonyl (C=O) groups is 2. The van der Waals surface area contributed by atoms with E-state index in [9.17, 15) is 9.59 Å². The van der Waals surface area contributed by atoms with Crippen molar-refractivity contribution in [3.05, 3.63) is 28.8 Å². The molecule has 0 radical (unpaired) electrons. The topological polar surface area (TPSA) is 143 Å². The van der Waals surface area contributed by atoms with Gasteiger partial charge in [0.05, 0.1) is 18.3 Å². The number of nitrogens with one attached hydrogen (secondary N) is 2. The van der Waals surface area contributed by atoms with Crippen LogP contribution in [0.2, 0.25) is 0 Å². The molecule has 2 aliphatic rings. The number of amides is 2. The van der Waals surface area contributed by atoms with Gasteiger partial charge in [-0.05, 0) is 57.4 Å². The van der Waals surface area contributed by atoms with Crippen LogP contribution in [0.4, 0.5) is 15.3 Å². The van der Waals surface area contributed by atoms with Crippen molar-refractivity contribution in [1.82, 2.24) is 15.1 Å². The summed E-state index contributed by atoms with van der Waals surface area (Å²) in [5.74, 6) is -0.284. The van der Waals surface area contributed by atoms with Gasteiger partial charge in [0, 0.05) is 32.2 Å². The summed E-state index contributed by atoms with van der Waals surface area (Å²) in [6, 6.07) is 3.86. The lowest BCUT2D eigenvalue weighted by Gasteiger charge is -2.39. The third-order valence-corrected chi connectivity index (χ3v) is 5.73. The molecular weight excluding hydrogens is 440 g/mol. The van der Waals surface area contributed by atoms with Crippen LogP contribution in [0.3, 0.4) is 0 Å². The van der Waals surface area contributed by atoms with Crippen molar-refractivity contribution < 1.29 is 23.8 Å². The van der Waals surface area contributed by atoms with E-state index in [0.717, 1.165) is 29.8 Å². The van der Waals surface area contributed by atoms with E-state index in [4.69, 9.17) is 25.4 Å². The molecule has 2 aliphatic heterocycles. The number of alkyl carbamates (subject to hydrolysis) is 1. The molecule has 0 aromatic heterocycles. The van der Waals surface area contributed by atoms with Crippen molar-refractivity contribution in [3.63, 3.8) is 0 Å². The van der Waals surface area contributed by atoms with Crippen LogP contribution < -0.4 is 11.1 Å². The predicted octanol–water partition coefficient (Wildman–Crippen LogP) is 2.40. The number of aryl methyl sites for hydroxylation is 1. The SMILES string of the molecule is Cc1cc(CN2CCN(C(=O)OC(C)C)[C@@H](C)C2)c(C)c(N=C(N)OC(=N)[C@@H]2CNC(=O)O2)c1. The number of rotatable bonds is 5. The summed E-state index contributed by atoms with van der Waals surface area (Å²) < 4.78 is 15.6. The lowest BCUT2D eigenvalue weighted by atomic mass is 10.0. The summed E-state index contributed by atoms with van der Waals surface area (Å²) >= 11 is 0. The first kappa shape index (κ1) is 25.3. The average molecular weight is 475 g/mol. The quantitative estimate of drug-likeness (QED) is 0.439. The first-order valence-corrected chi connectivity index (χ1v) is 11.4. The van der Waals surface area contributed by atoms with E-state index in [1.54, 1.807) is 4.90 Å². The number of nitrogens with zero attached hydrogens (tertiary/aromatic N) is 3. The summed E-state index contributed by atoms with van der Waals surface area (Å²) in [5, 5.41) is 10.4. The standard InChI is InChI=1S/C23H34N6O5/c1-13(2)32-23(31)29-7-6-28(11-15(29)4)12-17-8-14(3)9-18(16(17)5)27-21(25)34-20(24)19-10-26-22(30)33-19/h8-9,13,15,19,24H,6-7,10-12H2,1-5H3,(H2,25,27)(H,26,30)/t15-,19-/m0/s1. The van der Waals surface area contributed by atoms with Gasteiger partial charge in [-0.25, -0.2) is 9.59 Å². The van der Waals surface area contributed by atoms with Crippen molar-refractivity contribution in [2.24, 2.45) is 10.7 Å². The van der Waals surface area contributed by atoms with E-state index in [1.807, 2.05) is 40.7 Å². The largest absolute Gasteiger partial charge is 0.447 e. The number of aliphatic imine (C=N–C) groups is 1. The second-order valence-electron chi connectivity index (χ2n) is 8.97. The van der Waals surface area contributed by atoms with Crippen LogP contribution in [0.25, 0.3) is 0 Å². The number of piperazine rings is 1. The minimum atomic E-state index is -0.825. The highest BCUT2D eigenvalue weighted by Gasteiger charge is 2.30. The molecule has 0 aliphatic carbocycles. The van der Waals surface area contributed by atoms with Gasteiger partial charge in [0.25, 0.3) is 6.02 Å². The lowest BCUT2D eigenvalue weighted by Crippen LogP contribution is -2.54. The second-order valence-corrected chi connectivity index (χ2v) is 8.97. The van der Waals surface area contributed by atoms with Crippen molar-refractivity contribution in [2.45, 2.75) is 59.4 Å². The third-order valence-electron chi connectivity index (χ3n) is 5.73. The van der Waals surface area contributed by atoms with Gasteiger partial charge in [0.1, 0.15) is 0 Å². The Kier molecular flexibility index (Phi) is 7.98. The van der Waals surface area contributed by atoms with Crippen LogP contribution in [0.1, 0.15) is 37.5 Å². The monoisotopic (exact) mass is 474 g/mol. The molecule has 4 N–H and O–H groups in total. The predicted molar refractivity (Wildman–Crippen MR) is 127 cm³/mol. The molecule has 11 heteroatoms. The summed E-state index contributed by atoms with van der Waals surface area (Å²) in [6.07, 6.45) is -1.83. The maximum absolute atomic E-state index is 12.3. The van der Waals surface area contributed by atoms with Gasteiger partial charge in [0.15, 0.2) is 6.10 Å². The molecule has 186 valence electrons. The zero-order valence-electron chi connectivity index (χ0n) is 20.4. The molecule has 0 unspecified atom stereocenters. The van der Waals surface area contributed by atoms with E-state index in [1.165, 1.54) is 0 Å². The number of benzene rings is 1. The number of hydrogen-bond donors (Lipinski definition) is 3. The van der Waals surface area contributed by atoms with Crippen LogP contribution in [0.15, 0.2) is 17.1 Å². The summed E-state index contributed by atoms with van der Waals surface area (Å²) in [4.78, 5) is 31.9. The summed E-state index contributed by atoms with van der Waals surface area (Å²) in [7, 11) is 0. The van der Waals surface area contributed by atoms with Gasteiger partial charge in [-0.1, -0.05) is 6.07 Å². The van der Waals surface area contributed by atoms with E-state index in [2.05, 4.69) is 21.3 Å². The maximum atomic E-state index is 12.3. The van der Waals surface area contributed by atoms with E-state index in [0.29, 0.717) is 18.8 Å². The Morgan fingerprint density at radius 3 is 2.71 bits per heavy atom. The fraction of sp³-hybridized carbons (Fsp3) is 0.565. The number of carbonyl (C=O) groups excluding carboxylic acids is 2. The molecule has 11 nitrogen and oxygen atoms in total. The number of ether oxygens (including phenoxy) is 3. The Morgan fingerprint density at radius 2 is 2.09 bits per heavy atom. The second kappa shape index (κ2) is 10.7. The molecule has 2 atom stereocenters. The maximum Gasteiger partial charge on any atom is 0.410 e. The molecular formula is C23H34N6O5. The highest BCUT2D eigenvalue weighted by Crippen LogP contribution is 2.26. The molecule has 3 rings (SSSR count). The van der Waals surface area contributed by atoms with E-state index < -0.39 is 12.2 Å². The Labute approximate surface area is 199 Å². The van der Waals surface area contributed by atoms with Crippen LogP contribution in [-0.4, -0.2) is 78.3 Å². The number of hydrogen-bond acceptors (Lipinski definition) is 8. The highest BCUT2D eigenvalue weighted by molar-refractivity contribution is 5.93. The molecule has 2 fully saturated rings. The molecule has 0 saturated carbocycles. The number of nitrogens with two attached hydrogens (primary N) is 1. The van der Waals surface area contributed by atoms with Crippen LogP contribution in [-0.2, 0) is 20.8 Å². The van der Waals surface area contributed by atoms with Gasteiger partial charge in [-0.3, -0.25) is 10.3 Å². The Morgan fingerprint density at radius 1 is 1.35 bits per heavy atom. The van der Waals surface area contributed by atoms with Gasteiger partial charge in [0.2, 0.25) is 5.90 Å². The third kappa shape index (κ3) is 6.37. The van der Waals surface area contributed by atoms with Gasteiger partial charge < -0.3 is 30.2 Å². The molecule has 34 heavy (non-hydrogen) atoms. The first-order chi connectivity index (χ1) is 16.0. The van der Waals surface area contributed by atoms with Gasteiger partial charge >= 0.3 is 12.2 Å². The molecule has 2 amide bonds. The molecule has 1 aromatic rings. The molecule has 2 saturated heterocycles. The van der Waals surface area contributed by atoms with Gasteiger partial charge in [-0.2, -0.15) is 4.99 Å². The first-order valence-electron chi connectivity index (χ1n) is 11.4. The van der Waals surface area contributed by atoms with Crippen molar-refractivity contribution in [2.75, 3.05) is 26.2 Å². The highest BCUT2D eigenvalue weighted by atomic mass is 16.6. The summed E-state index contributed by atoms with van der Waals surface area (Å²) in [6.45, 7) is 12.6. The minimum absolute atomic E-state index is 0.0387. The molecule has 0 bridgehead atoms. The zero-order valence-corrected chi connectivity index (χ0v) is 20.4. The van der Waals surface area contributed by atoms with Crippen molar-refractivity contribution in [1.29, 1.82) is 5.41 Å². The summed E-state index contributed by atoms with van der Waals surface area (Å²) in [5.41, 5.74) is 9.64. The normalized spacial score (nSPS) is 21.3. The zero-order chi connectivity index (χ0) is 25.0. The van der Waals surface area contributed by atoms with Crippen molar-refractivity contribution in [3.8, 4) is 0 Å². The molecule has 0 spiro atoms. The fourth-order valence-corrected chi connectivity index (χ4v) is 4.01. The van der Waals surface area contributed by atoms with Crippen LogP contribution in [0, 0.1) is 19.3 Å².